The van der Waals surface area contributed by atoms with Gasteiger partial charge in [-0.2, -0.15) is 8.78 Å². The quantitative estimate of drug-likeness (QED) is 0.675. The third-order valence-electron chi connectivity index (χ3n) is 4.23. The zero-order valence-corrected chi connectivity index (χ0v) is 14.3. The molecule has 0 radical (unpaired) electrons. The van der Waals surface area contributed by atoms with Crippen LogP contribution in [-0.2, 0) is 17.3 Å². The van der Waals surface area contributed by atoms with E-state index in [1.807, 2.05) is 0 Å². The number of ether oxygens (including phenoxy) is 1. The van der Waals surface area contributed by atoms with Crippen LogP contribution in [0.1, 0.15) is 23.1 Å². The van der Waals surface area contributed by atoms with Crippen molar-refractivity contribution in [2.45, 2.75) is 28.8 Å². The number of nitrogens with one attached hydrogen (secondary N) is 1. The van der Waals surface area contributed by atoms with Gasteiger partial charge in [-0.1, -0.05) is 30.3 Å². The van der Waals surface area contributed by atoms with E-state index in [1.54, 1.807) is 24.5 Å². The summed E-state index contributed by atoms with van der Waals surface area (Å²) >= 11 is 1.40. The van der Waals surface area contributed by atoms with Crippen LogP contribution >= 0.6 is 11.8 Å². The van der Waals surface area contributed by atoms with Crippen LogP contribution in [0.4, 0.5) is 13.2 Å². The molecule has 0 spiro atoms. The van der Waals surface area contributed by atoms with Crippen LogP contribution in [0.2, 0.25) is 0 Å². The molecule has 1 N–H and O–H groups in total. The number of halogens is 3. The molecule has 0 saturated heterocycles. The third kappa shape index (κ3) is 3.37. The normalized spacial score (nSPS) is 19.5. The molecule has 3 aromatic rings. The van der Waals surface area contributed by atoms with Crippen LogP contribution in [0.5, 0.6) is 0 Å². The minimum atomic E-state index is -3.48. The first-order chi connectivity index (χ1) is 12.5. The van der Waals surface area contributed by atoms with Crippen molar-refractivity contribution in [1.29, 1.82) is 0 Å². The molecule has 2 aromatic carbocycles. The summed E-state index contributed by atoms with van der Waals surface area (Å²) in [6.07, 6.45) is -0.747. The molecule has 4 rings (SSSR count). The van der Waals surface area contributed by atoms with Gasteiger partial charge in [-0.15, -0.1) is 11.8 Å². The molecule has 0 bridgehead atoms. The van der Waals surface area contributed by atoms with Gasteiger partial charge in [0.25, 0.3) is 0 Å². The van der Waals surface area contributed by atoms with E-state index in [-0.39, 0.29) is 10.8 Å². The predicted octanol–water partition coefficient (Wildman–Crippen LogP) is 5.07. The van der Waals surface area contributed by atoms with Crippen molar-refractivity contribution < 1.29 is 17.9 Å². The fourth-order valence-electron chi connectivity index (χ4n) is 3.02. The predicted molar refractivity (Wildman–Crippen MR) is 92.5 cm³/mol. The molecule has 1 aliphatic heterocycles. The first-order valence-corrected chi connectivity index (χ1v) is 8.96. The van der Waals surface area contributed by atoms with Gasteiger partial charge in [0.05, 0.1) is 5.56 Å². The minimum absolute atomic E-state index is 0.230. The monoisotopic (exact) mass is 376 g/mol. The highest BCUT2D eigenvalue weighted by atomic mass is 32.2. The van der Waals surface area contributed by atoms with Crippen LogP contribution in [-0.4, -0.2) is 15.2 Å². The van der Waals surface area contributed by atoms with Gasteiger partial charge in [0.2, 0.25) is 0 Å². The van der Waals surface area contributed by atoms with Crippen LogP contribution in [0.15, 0.2) is 65.8 Å². The van der Waals surface area contributed by atoms with Gasteiger partial charge < -0.3 is 9.72 Å². The van der Waals surface area contributed by atoms with Gasteiger partial charge in [-0.05, 0) is 23.8 Å². The maximum atomic E-state index is 14.7. The summed E-state index contributed by atoms with van der Waals surface area (Å²) in [6, 6.07) is 11.6. The van der Waals surface area contributed by atoms with E-state index in [9.17, 15) is 13.2 Å². The Morgan fingerprint density at radius 1 is 1.15 bits per heavy atom. The number of hydrogen-bond acceptors (Lipinski definition) is 3. The molecule has 2 atom stereocenters. The maximum Gasteiger partial charge on any atom is 0.383 e. The molecule has 7 heteroatoms. The average molecular weight is 376 g/mol. The molecule has 0 fully saturated rings. The smallest absolute Gasteiger partial charge is 0.349 e. The number of H-pyrrole nitrogens is 1. The SMILES string of the molecule is Fc1ccc2c(c1)[C@H](OC(F)(F)c1ccccc1)[C@H](Cc1ncc[nH]1)S2. The highest BCUT2D eigenvalue weighted by molar-refractivity contribution is 8.00. The topological polar surface area (TPSA) is 37.9 Å². The summed E-state index contributed by atoms with van der Waals surface area (Å²) in [5.41, 5.74) is 0.216. The van der Waals surface area contributed by atoms with Gasteiger partial charge in [0.1, 0.15) is 17.7 Å². The molecular formula is C19H15F3N2OS. The van der Waals surface area contributed by atoms with E-state index in [0.717, 1.165) is 4.90 Å². The number of rotatable bonds is 5. The highest BCUT2D eigenvalue weighted by Gasteiger charge is 2.43. The third-order valence-corrected chi connectivity index (χ3v) is 5.57. The van der Waals surface area contributed by atoms with Gasteiger partial charge in [-0.25, -0.2) is 9.37 Å². The number of nitrogens with zero attached hydrogens (tertiary/aromatic N) is 1. The maximum absolute atomic E-state index is 14.7. The first-order valence-electron chi connectivity index (χ1n) is 8.08. The van der Waals surface area contributed by atoms with Gasteiger partial charge >= 0.3 is 6.11 Å². The van der Waals surface area contributed by atoms with Crippen molar-refractivity contribution in [3.8, 4) is 0 Å². The molecule has 1 aromatic heterocycles. The van der Waals surface area contributed by atoms with E-state index < -0.39 is 18.0 Å². The molecule has 0 saturated carbocycles. The second-order valence-corrected chi connectivity index (χ2v) is 7.28. The molecule has 26 heavy (non-hydrogen) atoms. The molecule has 1 aliphatic rings. The van der Waals surface area contributed by atoms with Crippen molar-refractivity contribution in [2.75, 3.05) is 0 Å². The van der Waals surface area contributed by atoms with Crippen LogP contribution in [0.25, 0.3) is 0 Å². The number of aromatic nitrogens is 2. The van der Waals surface area contributed by atoms with Gasteiger partial charge in [0.15, 0.2) is 0 Å². The van der Waals surface area contributed by atoms with Crippen molar-refractivity contribution in [3.63, 3.8) is 0 Å². The number of thioether (sulfide) groups is 1. The van der Waals surface area contributed by atoms with Crippen molar-refractivity contribution in [2.24, 2.45) is 0 Å². The lowest BCUT2D eigenvalue weighted by atomic mass is 10.0. The molecule has 0 unspecified atom stereocenters. The summed E-state index contributed by atoms with van der Waals surface area (Å²) < 4.78 is 48.4. The number of imidazole rings is 1. The van der Waals surface area contributed by atoms with Crippen molar-refractivity contribution in [3.05, 3.63) is 83.7 Å². The largest absolute Gasteiger partial charge is 0.383 e. The lowest BCUT2D eigenvalue weighted by Gasteiger charge is -2.26. The molecule has 3 nitrogen and oxygen atoms in total. The van der Waals surface area contributed by atoms with Crippen LogP contribution < -0.4 is 0 Å². The molecule has 0 aliphatic carbocycles. The summed E-state index contributed by atoms with van der Waals surface area (Å²) in [4.78, 5) is 7.89. The highest BCUT2D eigenvalue weighted by Crippen LogP contribution is 2.50. The number of alkyl halides is 2. The number of fused-ring (bicyclic) bond motifs is 1. The average Bonchev–Trinajstić information content (AvgIpc) is 3.25. The molecule has 2 heterocycles. The Hall–Kier alpha value is -2.25. The lowest BCUT2D eigenvalue weighted by Crippen LogP contribution is -2.26. The fourth-order valence-corrected chi connectivity index (χ4v) is 4.37. The van der Waals surface area contributed by atoms with E-state index >= 15 is 0 Å². The summed E-state index contributed by atoms with van der Waals surface area (Å²) in [6.45, 7) is 0. The Balaban J connectivity index is 1.66. The molecule has 134 valence electrons. The first kappa shape index (κ1) is 17.2. The Kier molecular flexibility index (Phi) is 4.50. The molecular weight excluding hydrogens is 361 g/mol. The van der Waals surface area contributed by atoms with E-state index in [2.05, 4.69) is 9.97 Å². The summed E-state index contributed by atoms with van der Waals surface area (Å²) in [5.74, 6) is 0.201. The second-order valence-electron chi connectivity index (χ2n) is 6.00. The Morgan fingerprint density at radius 2 is 1.96 bits per heavy atom. The zero-order valence-electron chi connectivity index (χ0n) is 13.5. The summed E-state index contributed by atoms with van der Waals surface area (Å²) in [5, 5.41) is -0.340. The minimum Gasteiger partial charge on any atom is -0.349 e. The van der Waals surface area contributed by atoms with E-state index in [4.69, 9.17) is 4.74 Å². The van der Waals surface area contributed by atoms with Crippen molar-refractivity contribution >= 4 is 11.8 Å². The van der Waals surface area contributed by atoms with Gasteiger partial charge in [0, 0.05) is 29.0 Å². The lowest BCUT2D eigenvalue weighted by molar-refractivity contribution is -0.275. The van der Waals surface area contributed by atoms with E-state index in [1.165, 1.54) is 48.2 Å². The second kappa shape index (κ2) is 6.81. The Labute approximate surface area is 152 Å². The van der Waals surface area contributed by atoms with Gasteiger partial charge in [-0.3, -0.25) is 0 Å². The Bertz CT molecular complexity index is 887. The zero-order chi connectivity index (χ0) is 18.1. The molecule has 0 amide bonds. The van der Waals surface area contributed by atoms with E-state index in [0.29, 0.717) is 17.8 Å². The number of hydrogen-bond donors (Lipinski definition) is 1. The van der Waals surface area contributed by atoms with Crippen molar-refractivity contribution in [1.82, 2.24) is 9.97 Å². The fraction of sp³-hybridized carbons (Fsp3) is 0.211. The summed E-state index contributed by atoms with van der Waals surface area (Å²) in [7, 11) is 0. The standard InChI is InChI=1S/C19H15F3N2OS/c20-13-6-7-15-14(10-13)18(16(26-15)11-17-23-8-9-24-17)25-19(21,22)12-4-2-1-3-5-12/h1-10,16,18H,11H2,(H,23,24)/t16-,18-/m0/s1. The Morgan fingerprint density at radius 3 is 2.69 bits per heavy atom. The van der Waals surface area contributed by atoms with Crippen LogP contribution in [0, 0.1) is 5.82 Å². The number of benzene rings is 2. The number of aromatic amines is 1. The van der Waals surface area contributed by atoms with Crippen LogP contribution in [0.3, 0.4) is 0 Å².